The highest BCUT2D eigenvalue weighted by molar-refractivity contribution is 6.04. The van der Waals surface area contributed by atoms with Crippen molar-refractivity contribution >= 4 is 34.4 Å². The largest absolute Gasteiger partial charge is 0.381 e. The molecule has 0 saturated heterocycles. The summed E-state index contributed by atoms with van der Waals surface area (Å²) in [5, 5.41) is 9.51. The van der Waals surface area contributed by atoms with Gasteiger partial charge in [0.15, 0.2) is 11.5 Å². The van der Waals surface area contributed by atoms with Crippen molar-refractivity contribution in [1.29, 1.82) is 0 Å². The highest BCUT2D eigenvalue weighted by Gasteiger charge is 2.24. The predicted octanol–water partition coefficient (Wildman–Crippen LogP) is 2.85. The normalized spacial score (nSPS) is 14.2. The number of aromatic nitrogens is 5. The van der Waals surface area contributed by atoms with Gasteiger partial charge in [-0.25, -0.2) is 19.9 Å². The summed E-state index contributed by atoms with van der Waals surface area (Å²) in [5.41, 5.74) is 12.5. The molecule has 0 unspecified atom stereocenters. The fourth-order valence-electron chi connectivity index (χ4n) is 4.84. The maximum atomic E-state index is 14.2. The van der Waals surface area contributed by atoms with Gasteiger partial charge in [0.2, 0.25) is 0 Å². The molecule has 0 bridgehead atoms. The van der Waals surface area contributed by atoms with Crippen LogP contribution in [0.3, 0.4) is 0 Å². The number of hydrogen-bond acceptors (Lipinski definition) is 8. The molecule has 0 fully saturated rings. The van der Waals surface area contributed by atoms with Crippen LogP contribution in [0.25, 0.3) is 28.3 Å². The van der Waals surface area contributed by atoms with Crippen molar-refractivity contribution in [3.63, 3.8) is 0 Å². The molecule has 0 radical (unpaired) electrons. The van der Waals surface area contributed by atoms with Crippen molar-refractivity contribution in [3.05, 3.63) is 112 Å². The van der Waals surface area contributed by atoms with Crippen molar-refractivity contribution in [2.24, 2.45) is 0 Å². The predicted molar refractivity (Wildman–Crippen MR) is 154 cm³/mol. The van der Waals surface area contributed by atoms with Crippen molar-refractivity contribution in [1.82, 2.24) is 39.9 Å². The van der Waals surface area contributed by atoms with Crippen LogP contribution in [-0.2, 0) is 0 Å². The molecule has 1 atom stereocenters. The number of amides is 1. The molecule has 4 heterocycles. The molecule has 11 nitrogen and oxygen atoms in total. The SMILES string of the molecule is C[C@H](NC(=O)c1c(N)nn2cccnc12)c1nc2cccc(/C=C\C3=CN(C)NC3)c2c(=O)n1-c1ccccc1. The molecular weight excluding hydrogens is 506 g/mol. The van der Waals surface area contributed by atoms with Crippen LogP contribution < -0.4 is 22.0 Å². The van der Waals surface area contributed by atoms with E-state index >= 15 is 0 Å². The second-order valence-electron chi connectivity index (χ2n) is 9.51. The number of fused-ring (bicyclic) bond motifs is 2. The van der Waals surface area contributed by atoms with Crippen molar-refractivity contribution in [2.75, 3.05) is 19.3 Å². The van der Waals surface area contributed by atoms with Gasteiger partial charge in [0.25, 0.3) is 11.5 Å². The first-order valence-corrected chi connectivity index (χ1v) is 12.8. The van der Waals surface area contributed by atoms with Gasteiger partial charge in [0.05, 0.1) is 22.6 Å². The monoisotopic (exact) mass is 533 g/mol. The lowest BCUT2D eigenvalue weighted by atomic mass is 10.1. The third kappa shape index (κ3) is 4.48. The average molecular weight is 534 g/mol. The molecule has 3 aromatic heterocycles. The first-order valence-electron chi connectivity index (χ1n) is 12.8. The van der Waals surface area contributed by atoms with E-state index in [1.54, 1.807) is 36.0 Å². The van der Waals surface area contributed by atoms with Crippen molar-refractivity contribution < 1.29 is 4.79 Å². The Kier molecular flexibility index (Phi) is 6.33. The molecule has 4 N–H and O–H groups in total. The molecule has 1 amide bonds. The molecule has 40 heavy (non-hydrogen) atoms. The zero-order chi connectivity index (χ0) is 27.8. The summed E-state index contributed by atoms with van der Waals surface area (Å²) in [6.07, 6.45) is 9.15. The Morgan fingerprint density at radius 2 is 1.95 bits per heavy atom. The summed E-state index contributed by atoms with van der Waals surface area (Å²) in [5.74, 6) is -0.0243. The summed E-state index contributed by atoms with van der Waals surface area (Å²) >= 11 is 0. The van der Waals surface area contributed by atoms with Crippen LogP contribution in [-0.4, -0.2) is 48.7 Å². The molecule has 1 aliphatic heterocycles. The van der Waals surface area contributed by atoms with E-state index in [0.717, 1.165) is 11.1 Å². The lowest BCUT2D eigenvalue weighted by Crippen LogP contribution is -2.33. The molecule has 11 heteroatoms. The van der Waals surface area contributed by atoms with E-state index in [2.05, 4.69) is 20.8 Å². The Morgan fingerprint density at radius 1 is 1.12 bits per heavy atom. The molecule has 0 spiro atoms. The zero-order valence-electron chi connectivity index (χ0n) is 21.9. The number of carbonyl (C=O) groups excluding carboxylic acids is 1. The number of hydrazine groups is 1. The lowest BCUT2D eigenvalue weighted by Gasteiger charge is -2.20. The van der Waals surface area contributed by atoms with Gasteiger partial charge in [-0.2, -0.15) is 0 Å². The minimum absolute atomic E-state index is 0.0607. The van der Waals surface area contributed by atoms with Gasteiger partial charge in [0, 0.05) is 32.2 Å². The van der Waals surface area contributed by atoms with Gasteiger partial charge in [0.1, 0.15) is 11.4 Å². The van der Waals surface area contributed by atoms with Crippen molar-refractivity contribution in [2.45, 2.75) is 13.0 Å². The maximum Gasteiger partial charge on any atom is 0.266 e. The third-order valence-corrected chi connectivity index (χ3v) is 6.72. The number of rotatable bonds is 6. The summed E-state index contributed by atoms with van der Waals surface area (Å²) in [4.78, 5) is 36.7. The number of para-hydroxylation sites is 1. The first kappa shape index (κ1) is 25.0. The maximum absolute atomic E-state index is 14.2. The number of anilines is 1. The number of hydrogen-bond donors (Lipinski definition) is 3. The summed E-state index contributed by atoms with van der Waals surface area (Å²) in [7, 11) is 1.93. The number of carbonyl (C=O) groups is 1. The van der Waals surface area contributed by atoms with Crippen LogP contribution in [0.15, 0.2) is 89.6 Å². The van der Waals surface area contributed by atoms with Crippen LogP contribution >= 0.6 is 0 Å². The second kappa shape index (κ2) is 10.1. The Morgan fingerprint density at radius 3 is 2.73 bits per heavy atom. The first-order chi connectivity index (χ1) is 19.4. The van der Waals surface area contributed by atoms with Gasteiger partial charge in [-0.05, 0) is 42.3 Å². The Bertz CT molecular complexity index is 1870. The molecule has 200 valence electrons. The van der Waals surface area contributed by atoms with E-state index in [1.807, 2.05) is 72.9 Å². The van der Waals surface area contributed by atoms with E-state index in [9.17, 15) is 9.59 Å². The molecule has 2 aromatic carbocycles. The van der Waals surface area contributed by atoms with Gasteiger partial charge in [-0.3, -0.25) is 14.2 Å². The highest BCUT2D eigenvalue weighted by Crippen LogP contribution is 2.23. The fraction of sp³-hybridized carbons (Fsp3) is 0.138. The number of nitrogens with two attached hydrogens (primary N) is 1. The van der Waals surface area contributed by atoms with Crippen LogP contribution in [0.4, 0.5) is 5.82 Å². The minimum Gasteiger partial charge on any atom is -0.381 e. The van der Waals surface area contributed by atoms with E-state index in [0.29, 0.717) is 34.6 Å². The number of nitrogens with one attached hydrogen (secondary N) is 2. The van der Waals surface area contributed by atoms with Gasteiger partial charge in [-0.15, -0.1) is 5.10 Å². The standard InChI is InChI=1S/C29H27N9O2/c1-18(33-28(39)24-25(30)35-37-15-7-14-31-27(24)37)26-34-22-11-6-8-20(13-12-19-16-32-36(2)17-19)23(22)29(40)38(26)21-9-4-3-5-10-21/h3-15,17-18,32H,16H2,1-2H3,(H2,30,35)(H,33,39)/b13-12-/t18-/m0/s1. The minimum atomic E-state index is -0.660. The van der Waals surface area contributed by atoms with E-state index in [-0.39, 0.29) is 16.9 Å². The van der Waals surface area contributed by atoms with E-state index in [1.165, 1.54) is 4.52 Å². The molecule has 1 aliphatic rings. The Hall–Kier alpha value is -5.29. The van der Waals surface area contributed by atoms with Gasteiger partial charge in [-0.1, -0.05) is 42.5 Å². The van der Waals surface area contributed by atoms with Crippen LogP contribution in [0.1, 0.15) is 34.7 Å². The second-order valence-corrected chi connectivity index (χ2v) is 9.51. The Balaban J connectivity index is 1.45. The zero-order valence-corrected chi connectivity index (χ0v) is 21.9. The van der Waals surface area contributed by atoms with Crippen molar-refractivity contribution in [3.8, 4) is 5.69 Å². The quantitative estimate of drug-likeness (QED) is 0.303. The summed E-state index contributed by atoms with van der Waals surface area (Å²) < 4.78 is 3.00. The van der Waals surface area contributed by atoms with Gasteiger partial charge >= 0.3 is 0 Å². The van der Waals surface area contributed by atoms with Crippen LogP contribution in [0, 0.1) is 0 Å². The topological polar surface area (TPSA) is 135 Å². The van der Waals surface area contributed by atoms with Crippen LogP contribution in [0.5, 0.6) is 0 Å². The molecule has 0 saturated carbocycles. The van der Waals surface area contributed by atoms with Crippen LogP contribution in [0.2, 0.25) is 0 Å². The number of nitrogen functional groups attached to an aromatic ring is 1. The fourth-order valence-corrected chi connectivity index (χ4v) is 4.84. The third-order valence-electron chi connectivity index (χ3n) is 6.72. The number of nitrogens with zero attached hydrogens (tertiary/aromatic N) is 6. The number of benzene rings is 2. The van der Waals surface area contributed by atoms with E-state index < -0.39 is 11.9 Å². The molecule has 6 rings (SSSR count). The van der Waals surface area contributed by atoms with E-state index in [4.69, 9.17) is 10.7 Å². The molecule has 5 aromatic rings. The smallest absolute Gasteiger partial charge is 0.266 e. The molecule has 0 aliphatic carbocycles. The Labute approximate surface area is 229 Å². The molecular formula is C29H27N9O2. The van der Waals surface area contributed by atoms with Gasteiger partial charge < -0.3 is 16.1 Å². The highest BCUT2D eigenvalue weighted by atomic mass is 16.2. The summed E-state index contributed by atoms with van der Waals surface area (Å²) in [6, 6.07) is 15.9. The lowest BCUT2D eigenvalue weighted by molar-refractivity contribution is 0.0940. The summed E-state index contributed by atoms with van der Waals surface area (Å²) in [6.45, 7) is 2.48. The average Bonchev–Trinajstić information content (AvgIpc) is 3.53.